The van der Waals surface area contributed by atoms with Gasteiger partial charge in [0.25, 0.3) is 5.91 Å². The van der Waals surface area contributed by atoms with E-state index in [1.807, 2.05) is 0 Å². The number of H-pyrrole nitrogens is 1. The van der Waals surface area contributed by atoms with E-state index >= 15 is 0 Å². The van der Waals surface area contributed by atoms with Gasteiger partial charge in [-0.25, -0.2) is 9.37 Å². The molecule has 0 spiro atoms. The monoisotopic (exact) mass is 298 g/mol. The van der Waals surface area contributed by atoms with E-state index in [2.05, 4.69) is 15.3 Å². The highest BCUT2D eigenvalue weighted by Gasteiger charge is 2.32. The molecule has 2 N–H and O–H groups in total. The van der Waals surface area contributed by atoms with Crippen molar-refractivity contribution in [1.82, 2.24) is 9.97 Å². The van der Waals surface area contributed by atoms with E-state index in [9.17, 15) is 22.4 Å². The number of benzene rings is 1. The lowest BCUT2D eigenvalue weighted by molar-refractivity contribution is -0.137. The van der Waals surface area contributed by atoms with Crippen molar-refractivity contribution in [3.63, 3.8) is 0 Å². The molecule has 9 heteroatoms. The molecule has 0 atom stereocenters. The third-order valence-electron chi connectivity index (χ3n) is 2.47. The second kappa shape index (κ2) is 5.24. The summed E-state index contributed by atoms with van der Waals surface area (Å²) in [6.07, 6.45) is -3.65. The lowest BCUT2D eigenvalue weighted by Crippen LogP contribution is -2.15. The molecule has 0 saturated heterocycles. The van der Waals surface area contributed by atoms with Gasteiger partial charge in [0.1, 0.15) is 17.7 Å². The Hall–Kier alpha value is -2.89. The summed E-state index contributed by atoms with van der Waals surface area (Å²) in [6.45, 7) is 0. The van der Waals surface area contributed by atoms with Crippen molar-refractivity contribution < 1.29 is 22.4 Å². The summed E-state index contributed by atoms with van der Waals surface area (Å²) >= 11 is 0. The largest absolute Gasteiger partial charge is 0.416 e. The van der Waals surface area contributed by atoms with E-state index in [0.29, 0.717) is 12.1 Å². The third kappa shape index (κ3) is 3.17. The van der Waals surface area contributed by atoms with E-state index in [1.54, 1.807) is 6.07 Å². The minimum absolute atomic E-state index is 0.0830. The molecule has 1 aromatic carbocycles. The maximum atomic E-state index is 13.2. The molecule has 0 radical (unpaired) electrons. The zero-order valence-electron chi connectivity index (χ0n) is 10.1. The van der Waals surface area contributed by atoms with Gasteiger partial charge < -0.3 is 10.3 Å². The van der Waals surface area contributed by atoms with Crippen LogP contribution in [0.2, 0.25) is 0 Å². The van der Waals surface area contributed by atoms with Gasteiger partial charge >= 0.3 is 6.18 Å². The van der Waals surface area contributed by atoms with Gasteiger partial charge in [-0.3, -0.25) is 4.79 Å². The summed E-state index contributed by atoms with van der Waals surface area (Å²) in [5.41, 5.74) is -1.95. The number of hydrogen-bond acceptors (Lipinski definition) is 3. The number of aromatic amines is 1. The Morgan fingerprint density at radius 2 is 2.05 bits per heavy atom. The van der Waals surface area contributed by atoms with E-state index in [4.69, 9.17) is 5.26 Å². The number of nitriles is 1. The average Bonchev–Trinajstić information content (AvgIpc) is 2.84. The molecule has 1 aromatic heterocycles. The normalized spacial score (nSPS) is 11.0. The maximum Gasteiger partial charge on any atom is 0.416 e. The number of imidazole rings is 1. The molecule has 108 valence electrons. The Labute approximate surface area is 115 Å². The summed E-state index contributed by atoms with van der Waals surface area (Å²) in [5, 5.41) is 10.8. The number of nitrogens with zero attached hydrogens (tertiary/aromatic N) is 2. The SMILES string of the molecule is N#Cc1nc[nH]c1NC(=O)c1cc(F)cc(C(F)(F)F)c1. The number of rotatable bonds is 2. The second-order valence-corrected chi connectivity index (χ2v) is 3.92. The van der Waals surface area contributed by atoms with Crippen LogP contribution in [0, 0.1) is 17.1 Å². The topological polar surface area (TPSA) is 81.6 Å². The predicted molar refractivity (Wildman–Crippen MR) is 62.7 cm³/mol. The number of hydrogen-bond donors (Lipinski definition) is 2. The highest BCUT2D eigenvalue weighted by atomic mass is 19.4. The summed E-state index contributed by atoms with van der Waals surface area (Å²) in [7, 11) is 0. The van der Waals surface area contributed by atoms with Crippen LogP contribution in [0.4, 0.5) is 23.4 Å². The van der Waals surface area contributed by atoms with Crippen molar-refractivity contribution >= 4 is 11.7 Å². The number of aromatic nitrogens is 2. The Bertz CT molecular complexity index is 730. The van der Waals surface area contributed by atoms with Crippen molar-refractivity contribution in [2.24, 2.45) is 0 Å². The van der Waals surface area contributed by atoms with Crippen LogP contribution < -0.4 is 5.32 Å². The molecule has 1 heterocycles. The predicted octanol–water partition coefficient (Wildman–Crippen LogP) is 2.69. The van der Waals surface area contributed by atoms with Gasteiger partial charge in [0.2, 0.25) is 0 Å². The maximum absolute atomic E-state index is 13.2. The lowest BCUT2D eigenvalue weighted by atomic mass is 10.1. The molecule has 0 aliphatic rings. The van der Waals surface area contributed by atoms with Gasteiger partial charge in [-0.15, -0.1) is 0 Å². The van der Waals surface area contributed by atoms with Crippen LogP contribution in [0.15, 0.2) is 24.5 Å². The van der Waals surface area contributed by atoms with E-state index in [1.165, 1.54) is 0 Å². The molecule has 0 saturated carbocycles. The number of amides is 1. The summed E-state index contributed by atoms with van der Waals surface area (Å²) in [4.78, 5) is 17.8. The van der Waals surface area contributed by atoms with Crippen molar-refractivity contribution in [2.75, 3.05) is 5.32 Å². The highest BCUT2D eigenvalue weighted by molar-refractivity contribution is 6.04. The van der Waals surface area contributed by atoms with Gasteiger partial charge in [0, 0.05) is 5.56 Å². The standard InChI is InChI=1S/C12H6F4N4O/c13-8-2-6(1-7(3-8)12(14,15)16)11(21)20-10-9(4-17)18-5-19-10/h1-3,5H,(H,18,19)(H,20,21). The van der Waals surface area contributed by atoms with Crippen LogP contribution in [0.1, 0.15) is 21.6 Å². The molecule has 21 heavy (non-hydrogen) atoms. The zero-order valence-corrected chi connectivity index (χ0v) is 10.1. The highest BCUT2D eigenvalue weighted by Crippen LogP contribution is 2.30. The molecule has 1 amide bonds. The van der Waals surface area contributed by atoms with Crippen molar-refractivity contribution in [1.29, 1.82) is 5.26 Å². The summed E-state index contributed by atoms with van der Waals surface area (Å²) in [5.74, 6) is -2.28. The Morgan fingerprint density at radius 3 is 2.67 bits per heavy atom. The number of alkyl halides is 3. The van der Waals surface area contributed by atoms with E-state index in [-0.39, 0.29) is 17.6 Å². The minimum atomic E-state index is -4.77. The smallest absolute Gasteiger partial charge is 0.330 e. The molecule has 0 bridgehead atoms. The number of nitrogens with one attached hydrogen (secondary N) is 2. The van der Waals surface area contributed by atoms with Crippen molar-refractivity contribution in [3.8, 4) is 6.07 Å². The Kier molecular flexibility index (Phi) is 3.62. The van der Waals surface area contributed by atoms with Crippen LogP contribution in [-0.4, -0.2) is 15.9 Å². The summed E-state index contributed by atoms with van der Waals surface area (Å²) in [6, 6.07) is 3.13. The van der Waals surface area contributed by atoms with Crippen LogP contribution >= 0.6 is 0 Å². The Balaban J connectivity index is 2.32. The number of carbonyl (C=O) groups is 1. The number of carbonyl (C=O) groups excluding carboxylic acids is 1. The quantitative estimate of drug-likeness (QED) is 0.836. The fourth-order valence-corrected chi connectivity index (χ4v) is 1.54. The number of anilines is 1. The minimum Gasteiger partial charge on any atom is -0.330 e. The van der Waals surface area contributed by atoms with Gasteiger partial charge in [-0.05, 0) is 18.2 Å². The van der Waals surface area contributed by atoms with Gasteiger partial charge in [0.15, 0.2) is 5.69 Å². The van der Waals surface area contributed by atoms with Crippen LogP contribution in [0.3, 0.4) is 0 Å². The molecular weight excluding hydrogens is 292 g/mol. The fourth-order valence-electron chi connectivity index (χ4n) is 1.54. The molecule has 5 nitrogen and oxygen atoms in total. The Morgan fingerprint density at radius 1 is 1.33 bits per heavy atom. The van der Waals surface area contributed by atoms with Crippen LogP contribution in [0.25, 0.3) is 0 Å². The third-order valence-corrected chi connectivity index (χ3v) is 2.47. The second-order valence-electron chi connectivity index (χ2n) is 3.92. The first-order valence-electron chi connectivity index (χ1n) is 5.44. The fraction of sp³-hybridized carbons (Fsp3) is 0.0833. The van der Waals surface area contributed by atoms with Gasteiger partial charge in [-0.2, -0.15) is 18.4 Å². The summed E-state index contributed by atoms with van der Waals surface area (Å²) < 4.78 is 50.8. The van der Waals surface area contributed by atoms with Crippen molar-refractivity contribution in [3.05, 3.63) is 47.2 Å². The van der Waals surface area contributed by atoms with Gasteiger partial charge in [-0.1, -0.05) is 0 Å². The average molecular weight is 298 g/mol. The first-order chi connectivity index (χ1) is 9.81. The lowest BCUT2D eigenvalue weighted by Gasteiger charge is -2.09. The van der Waals surface area contributed by atoms with Crippen LogP contribution in [0.5, 0.6) is 0 Å². The van der Waals surface area contributed by atoms with Crippen molar-refractivity contribution in [2.45, 2.75) is 6.18 Å². The number of halogens is 4. The molecular formula is C12H6F4N4O. The molecule has 0 aliphatic carbocycles. The first kappa shape index (κ1) is 14.5. The molecule has 2 rings (SSSR count). The molecule has 0 unspecified atom stereocenters. The molecule has 2 aromatic rings. The van der Waals surface area contributed by atoms with Crippen LogP contribution in [-0.2, 0) is 6.18 Å². The van der Waals surface area contributed by atoms with E-state index < -0.39 is 29.0 Å². The first-order valence-corrected chi connectivity index (χ1v) is 5.44. The van der Waals surface area contributed by atoms with Gasteiger partial charge in [0.05, 0.1) is 11.9 Å². The molecule has 0 fully saturated rings. The molecule has 0 aliphatic heterocycles. The zero-order chi connectivity index (χ0) is 15.6. The van der Waals surface area contributed by atoms with E-state index in [0.717, 1.165) is 6.33 Å².